The van der Waals surface area contributed by atoms with Crippen molar-refractivity contribution >= 4 is 27.8 Å². The Morgan fingerprint density at radius 3 is 2.62 bits per heavy atom. The number of fused-ring (bicyclic) bond motifs is 1. The van der Waals surface area contributed by atoms with Gasteiger partial charge in [0, 0.05) is 18.5 Å². The Balaban J connectivity index is 1.90. The summed E-state index contributed by atoms with van der Waals surface area (Å²) in [4.78, 5) is 36.7. The van der Waals surface area contributed by atoms with Crippen LogP contribution < -0.4 is 9.50 Å². The monoisotopic (exact) mass is 356 g/mol. The van der Waals surface area contributed by atoms with E-state index in [1.807, 2.05) is 0 Å². The summed E-state index contributed by atoms with van der Waals surface area (Å²) in [5, 5.41) is 2.16. The van der Waals surface area contributed by atoms with Gasteiger partial charge in [-0.15, -0.1) is 0 Å². The molecule has 1 N–H and O–H groups in total. The van der Waals surface area contributed by atoms with Crippen LogP contribution >= 0.6 is 0 Å². The average Bonchev–Trinajstić information content (AvgIpc) is 2.75. The van der Waals surface area contributed by atoms with Crippen molar-refractivity contribution in [3.05, 3.63) is 29.1 Å². The maximum absolute atomic E-state index is 14.0. The van der Waals surface area contributed by atoms with Gasteiger partial charge in [-0.05, 0) is 24.1 Å². The molecule has 128 valence electrons. The summed E-state index contributed by atoms with van der Waals surface area (Å²) in [5.74, 6) is -3.04. The lowest BCUT2D eigenvalue weighted by atomic mass is 10.0. The van der Waals surface area contributed by atoms with Crippen molar-refractivity contribution in [3.63, 3.8) is 0 Å². The van der Waals surface area contributed by atoms with E-state index in [1.54, 1.807) is 0 Å². The van der Waals surface area contributed by atoms with E-state index in [4.69, 9.17) is 0 Å². The predicted molar refractivity (Wildman–Crippen MR) is 77.9 cm³/mol. The standard InChI is InChI=1S/C14H13FN2O6S/c1-24(21,22)23-11-4-7-6-17(14(20)8(7)5-9(11)15)10-2-3-12(18)16-13(10)19/h4-5,10H,2-3,6H2,1H3,(H,16,18,19). The first-order chi connectivity index (χ1) is 11.2. The van der Waals surface area contributed by atoms with E-state index in [2.05, 4.69) is 9.50 Å². The summed E-state index contributed by atoms with van der Waals surface area (Å²) in [6.07, 6.45) is 1.06. The van der Waals surface area contributed by atoms with Gasteiger partial charge < -0.3 is 9.08 Å². The lowest BCUT2D eigenvalue weighted by molar-refractivity contribution is -0.136. The number of amides is 3. The first kappa shape index (κ1) is 16.4. The number of nitrogens with zero attached hydrogens (tertiary/aromatic N) is 1. The Morgan fingerprint density at radius 2 is 2.00 bits per heavy atom. The fraction of sp³-hybridized carbons (Fsp3) is 0.357. The van der Waals surface area contributed by atoms with Crippen LogP contribution in [-0.4, -0.2) is 43.3 Å². The number of piperidine rings is 1. The molecule has 3 amide bonds. The third-order valence-corrected chi connectivity index (χ3v) is 4.30. The molecule has 2 aliphatic heterocycles. The molecule has 24 heavy (non-hydrogen) atoms. The van der Waals surface area contributed by atoms with E-state index in [9.17, 15) is 27.2 Å². The minimum absolute atomic E-state index is 0.000839. The molecule has 0 saturated carbocycles. The average molecular weight is 356 g/mol. The van der Waals surface area contributed by atoms with Crippen molar-refractivity contribution < 1.29 is 31.4 Å². The molecule has 1 saturated heterocycles. The molecule has 0 spiro atoms. The SMILES string of the molecule is CS(=O)(=O)Oc1cc2c(cc1F)C(=O)N(C1CCC(=O)NC1=O)C2. The molecule has 0 aromatic heterocycles. The summed E-state index contributed by atoms with van der Waals surface area (Å²) >= 11 is 0. The third-order valence-electron chi connectivity index (χ3n) is 3.82. The third kappa shape index (κ3) is 2.96. The summed E-state index contributed by atoms with van der Waals surface area (Å²) in [6.45, 7) is 0.000839. The summed E-state index contributed by atoms with van der Waals surface area (Å²) in [7, 11) is -3.92. The molecule has 1 atom stereocenters. The first-order valence-corrected chi connectivity index (χ1v) is 8.84. The summed E-state index contributed by atoms with van der Waals surface area (Å²) in [5.41, 5.74) is 0.391. The molecule has 2 aliphatic rings. The van der Waals surface area contributed by atoms with Gasteiger partial charge in [0.25, 0.3) is 5.91 Å². The lowest BCUT2D eigenvalue weighted by Gasteiger charge is -2.29. The number of halogens is 1. The zero-order chi connectivity index (χ0) is 17.6. The van der Waals surface area contributed by atoms with E-state index in [0.29, 0.717) is 5.56 Å². The van der Waals surface area contributed by atoms with Crippen LogP contribution in [0.2, 0.25) is 0 Å². The molecule has 1 unspecified atom stereocenters. The van der Waals surface area contributed by atoms with Gasteiger partial charge in [0.1, 0.15) is 6.04 Å². The van der Waals surface area contributed by atoms with Crippen molar-refractivity contribution in [1.29, 1.82) is 0 Å². The molecule has 1 aromatic carbocycles. The fourth-order valence-electron chi connectivity index (χ4n) is 2.79. The van der Waals surface area contributed by atoms with Crippen LogP contribution in [-0.2, 0) is 26.3 Å². The molecule has 3 rings (SSSR count). The highest BCUT2D eigenvalue weighted by atomic mass is 32.2. The zero-order valence-electron chi connectivity index (χ0n) is 12.5. The molecule has 0 aliphatic carbocycles. The quantitative estimate of drug-likeness (QED) is 0.599. The summed E-state index contributed by atoms with van der Waals surface area (Å²) < 4.78 is 40.8. The van der Waals surface area contributed by atoms with Gasteiger partial charge in [0.15, 0.2) is 11.6 Å². The predicted octanol–water partition coefficient (Wildman–Crippen LogP) is -0.0749. The number of benzene rings is 1. The normalized spacial score (nSPS) is 20.8. The van der Waals surface area contributed by atoms with Gasteiger partial charge in [-0.25, -0.2) is 4.39 Å². The molecule has 8 nitrogen and oxygen atoms in total. The smallest absolute Gasteiger partial charge is 0.306 e. The van der Waals surface area contributed by atoms with Crippen LogP contribution in [0.25, 0.3) is 0 Å². The second-order valence-corrected chi connectivity index (χ2v) is 7.20. The Labute approximate surface area is 136 Å². The van der Waals surface area contributed by atoms with Gasteiger partial charge in [0.05, 0.1) is 6.26 Å². The zero-order valence-corrected chi connectivity index (χ0v) is 13.4. The second kappa shape index (κ2) is 5.55. The van der Waals surface area contributed by atoms with E-state index in [0.717, 1.165) is 18.4 Å². The van der Waals surface area contributed by atoms with Crippen molar-refractivity contribution in [2.24, 2.45) is 0 Å². The van der Waals surface area contributed by atoms with E-state index in [-0.39, 0.29) is 24.9 Å². The van der Waals surface area contributed by atoms with Gasteiger partial charge in [-0.1, -0.05) is 0 Å². The fourth-order valence-corrected chi connectivity index (χ4v) is 3.25. The Kier molecular flexibility index (Phi) is 3.78. The summed E-state index contributed by atoms with van der Waals surface area (Å²) in [6, 6.07) is 1.20. The van der Waals surface area contributed by atoms with Crippen LogP contribution in [0.15, 0.2) is 12.1 Å². The van der Waals surface area contributed by atoms with Crippen LogP contribution in [0, 0.1) is 5.82 Å². The Bertz CT molecular complexity index is 866. The maximum Gasteiger partial charge on any atom is 0.306 e. The highest BCUT2D eigenvalue weighted by Crippen LogP contribution is 2.32. The molecule has 1 aromatic rings. The number of carbonyl (C=O) groups is 3. The van der Waals surface area contributed by atoms with Crippen LogP contribution in [0.3, 0.4) is 0 Å². The van der Waals surface area contributed by atoms with Crippen molar-refractivity contribution in [2.75, 3.05) is 6.26 Å². The minimum atomic E-state index is -3.92. The molecule has 1 fully saturated rings. The Hall–Kier alpha value is -2.49. The van der Waals surface area contributed by atoms with Gasteiger partial charge in [-0.2, -0.15) is 8.42 Å². The number of imide groups is 1. The maximum atomic E-state index is 14.0. The van der Waals surface area contributed by atoms with E-state index >= 15 is 0 Å². The van der Waals surface area contributed by atoms with Gasteiger partial charge in [0.2, 0.25) is 11.8 Å². The largest absolute Gasteiger partial charge is 0.379 e. The number of hydrogen-bond donors (Lipinski definition) is 1. The van der Waals surface area contributed by atoms with E-state index in [1.165, 1.54) is 4.90 Å². The highest BCUT2D eigenvalue weighted by Gasteiger charge is 2.39. The van der Waals surface area contributed by atoms with Crippen molar-refractivity contribution in [1.82, 2.24) is 10.2 Å². The Morgan fingerprint density at radius 1 is 1.29 bits per heavy atom. The van der Waals surface area contributed by atoms with Gasteiger partial charge >= 0.3 is 10.1 Å². The lowest BCUT2D eigenvalue weighted by Crippen LogP contribution is -2.52. The molecule has 2 heterocycles. The van der Waals surface area contributed by atoms with Crippen LogP contribution in [0.1, 0.15) is 28.8 Å². The number of nitrogens with one attached hydrogen (secondary N) is 1. The van der Waals surface area contributed by atoms with Gasteiger partial charge in [-0.3, -0.25) is 19.7 Å². The van der Waals surface area contributed by atoms with Crippen LogP contribution in [0.4, 0.5) is 4.39 Å². The minimum Gasteiger partial charge on any atom is -0.379 e. The first-order valence-electron chi connectivity index (χ1n) is 7.02. The second-order valence-electron chi connectivity index (χ2n) is 5.63. The molecule has 10 heteroatoms. The van der Waals surface area contributed by atoms with E-state index < -0.39 is 45.4 Å². The molecular weight excluding hydrogens is 343 g/mol. The van der Waals surface area contributed by atoms with Crippen LogP contribution in [0.5, 0.6) is 5.75 Å². The topological polar surface area (TPSA) is 110 Å². The number of carbonyl (C=O) groups excluding carboxylic acids is 3. The molecule has 0 bridgehead atoms. The highest BCUT2D eigenvalue weighted by molar-refractivity contribution is 7.86. The molecular formula is C14H13FN2O6S. The number of hydrogen-bond acceptors (Lipinski definition) is 6. The molecule has 0 radical (unpaired) electrons. The van der Waals surface area contributed by atoms with Crippen molar-refractivity contribution in [3.8, 4) is 5.75 Å². The number of rotatable bonds is 3. The van der Waals surface area contributed by atoms with Crippen molar-refractivity contribution in [2.45, 2.75) is 25.4 Å².